The van der Waals surface area contributed by atoms with Crippen molar-refractivity contribution in [1.29, 1.82) is 0 Å². The minimum atomic E-state index is -0.415. The summed E-state index contributed by atoms with van der Waals surface area (Å²) in [5, 5.41) is 12.6. The molecule has 1 amide bonds. The van der Waals surface area contributed by atoms with Crippen molar-refractivity contribution in [3.8, 4) is 5.75 Å². The number of benzene rings is 1. The molecule has 1 atom stereocenters. The number of aliphatic hydroxyl groups excluding tert-OH is 1. The maximum atomic E-state index is 11.5. The van der Waals surface area contributed by atoms with Crippen molar-refractivity contribution in [1.82, 2.24) is 5.32 Å². The van der Waals surface area contributed by atoms with Crippen molar-refractivity contribution in [2.24, 2.45) is 0 Å². The number of rotatable bonds is 5. The first-order chi connectivity index (χ1) is 9.22. The van der Waals surface area contributed by atoms with E-state index in [1.54, 1.807) is 6.08 Å². The molecule has 0 saturated heterocycles. The Morgan fingerprint density at radius 2 is 2.42 bits per heavy atom. The van der Waals surface area contributed by atoms with Crippen LogP contribution in [-0.2, 0) is 11.2 Å². The van der Waals surface area contributed by atoms with E-state index in [9.17, 15) is 9.90 Å². The Hall–Kier alpha value is -1.81. The van der Waals surface area contributed by atoms with Gasteiger partial charge in [0, 0.05) is 6.54 Å². The van der Waals surface area contributed by atoms with Crippen molar-refractivity contribution in [2.75, 3.05) is 13.2 Å². The Balaban J connectivity index is 2.03. The summed E-state index contributed by atoms with van der Waals surface area (Å²) in [6, 6.07) is 5.62. The van der Waals surface area contributed by atoms with Gasteiger partial charge in [-0.15, -0.1) is 6.58 Å². The van der Waals surface area contributed by atoms with Gasteiger partial charge in [-0.3, -0.25) is 4.79 Å². The van der Waals surface area contributed by atoms with E-state index in [4.69, 9.17) is 4.74 Å². The molecule has 19 heavy (non-hydrogen) atoms. The molecule has 0 aliphatic heterocycles. The highest BCUT2D eigenvalue weighted by Gasteiger charge is 2.21. The summed E-state index contributed by atoms with van der Waals surface area (Å²) in [6.07, 6.45) is 3.82. The van der Waals surface area contributed by atoms with E-state index in [0.29, 0.717) is 12.3 Å². The molecular weight excluding hydrogens is 242 g/mol. The third kappa shape index (κ3) is 3.35. The normalized spacial score (nSPS) is 17.4. The molecule has 1 aromatic carbocycles. The standard InChI is InChI=1S/C15H19NO3/c1-2-9-16-15(18)10-19-14-8-4-5-11-12(14)6-3-7-13(11)17/h2,4-5,8,13,17H,1,3,6-7,9-10H2,(H,16,18)/t13-/m0/s1. The molecule has 0 spiro atoms. The maximum Gasteiger partial charge on any atom is 0.258 e. The van der Waals surface area contributed by atoms with E-state index in [1.807, 2.05) is 18.2 Å². The van der Waals surface area contributed by atoms with Crippen LogP contribution in [0, 0.1) is 0 Å². The number of hydrogen-bond donors (Lipinski definition) is 2. The fourth-order valence-electron chi connectivity index (χ4n) is 2.31. The van der Waals surface area contributed by atoms with Gasteiger partial charge < -0.3 is 15.2 Å². The first-order valence-corrected chi connectivity index (χ1v) is 6.52. The van der Waals surface area contributed by atoms with Crippen molar-refractivity contribution in [2.45, 2.75) is 25.4 Å². The summed E-state index contributed by atoms with van der Waals surface area (Å²) >= 11 is 0. The van der Waals surface area contributed by atoms with Gasteiger partial charge in [0.2, 0.25) is 0 Å². The molecule has 1 aromatic rings. The van der Waals surface area contributed by atoms with Crippen molar-refractivity contribution in [3.63, 3.8) is 0 Å². The molecule has 1 aliphatic rings. The van der Waals surface area contributed by atoms with E-state index in [-0.39, 0.29) is 12.5 Å². The minimum Gasteiger partial charge on any atom is -0.483 e. The Bertz CT molecular complexity index is 470. The molecule has 0 radical (unpaired) electrons. The maximum absolute atomic E-state index is 11.5. The van der Waals surface area contributed by atoms with Gasteiger partial charge in [-0.05, 0) is 36.5 Å². The number of aliphatic hydroxyl groups is 1. The van der Waals surface area contributed by atoms with Gasteiger partial charge in [-0.1, -0.05) is 18.2 Å². The summed E-state index contributed by atoms with van der Waals surface area (Å²) in [5.74, 6) is 0.527. The molecule has 0 aromatic heterocycles. The molecule has 102 valence electrons. The zero-order valence-electron chi connectivity index (χ0n) is 10.9. The molecule has 4 nitrogen and oxygen atoms in total. The molecule has 0 fully saturated rings. The topological polar surface area (TPSA) is 58.6 Å². The Morgan fingerprint density at radius 1 is 1.58 bits per heavy atom. The van der Waals surface area contributed by atoms with E-state index in [1.165, 1.54) is 0 Å². The predicted octanol–water partition coefficient (Wildman–Crippen LogP) is 1.74. The van der Waals surface area contributed by atoms with Gasteiger partial charge in [0.05, 0.1) is 6.10 Å². The summed E-state index contributed by atoms with van der Waals surface area (Å²) in [7, 11) is 0. The van der Waals surface area contributed by atoms with Crippen LogP contribution in [0.1, 0.15) is 30.1 Å². The highest BCUT2D eigenvalue weighted by atomic mass is 16.5. The summed E-state index contributed by atoms with van der Waals surface area (Å²) in [4.78, 5) is 11.5. The highest BCUT2D eigenvalue weighted by molar-refractivity contribution is 5.77. The SMILES string of the molecule is C=CCNC(=O)COc1cccc2c1CCC[C@@H]2O. The molecule has 1 aliphatic carbocycles. The van der Waals surface area contributed by atoms with Crippen molar-refractivity contribution in [3.05, 3.63) is 42.0 Å². The fraction of sp³-hybridized carbons (Fsp3) is 0.400. The van der Waals surface area contributed by atoms with Crippen LogP contribution in [0.4, 0.5) is 0 Å². The smallest absolute Gasteiger partial charge is 0.258 e. The Morgan fingerprint density at radius 3 is 3.21 bits per heavy atom. The van der Waals surface area contributed by atoms with Crippen LogP contribution in [0.5, 0.6) is 5.75 Å². The van der Waals surface area contributed by atoms with Gasteiger partial charge in [0.25, 0.3) is 5.91 Å². The lowest BCUT2D eigenvalue weighted by molar-refractivity contribution is -0.122. The molecule has 4 heteroatoms. The number of nitrogens with one attached hydrogen (secondary N) is 1. The van der Waals surface area contributed by atoms with E-state index in [2.05, 4.69) is 11.9 Å². The first kappa shape index (κ1) is 13.6. The van der Waals surface area contributed by atoms with Crippen molar-refractivity contribution < 1.29 is 14.6 Å². The van der Waals surface area contributed by atoms with Gasteiger partial charge in [0.1, 0.15) is 5.75 Å². The quantitative estimate of drug-likeness (QED) is 0.794. The predicted molar refractivity (Wildman–Crippen MR) is 73.0 cm³/mol. The van der Waals surface area contributed by atoms with E-state index in [0.717, 1.165) is 30.4 Å². The minimum absolute atomic E-state index is 0.0135. The molecular formula is C15H19NO3. The third-order valence-electron chi connectivity index (χ3n) is 3.23. The fourth-order valence-corrected chi connectivity index (χ4v) is 2.31. The lowest BCUT2D eigenvalue weighted by Gasteiger charge is -2.23. The average Bonchev–Trinajstić information content (AvgIpc) is 2.43. The second-order valence-electron chi connectivity index (χ2n) is 4.61. The second kappa shape index (κ2) is 6.38. The number of ether oxygens (including phenoxy) is 1. The Kier molecular flexibility index (Phi) is 4.58. The second-order valence-corrected chi connectivity index (χ2v) is 4.61. The summed E-state index contributed by atoms with van der Waals surface area (Å²) < 4.78 is 5.55. The van der Waals surface area contributed by atoms with Gasteiger partial charge in [-0.25, -0.2) is 0 Å². The van der Waals surface area contributed by atoms with Crippen molar-refractivity contribution >= 4 is 5.91 Å². The lowest BCUT2D eigenvalue weighted by Crippen LogP contribution is -2.29. The molecule has 0 bridgehead atoms. The molecule has 0 heterocycles. The number of hydrogen-bond acceptors (Lipinski definition) is 3. The average molecular weight is 261 g/mol. The largest absolute Gasteiger partial charge is 0.483 e. The van der Waals surface area contributed by atoms with Crippen LogP contribution in [0.2, 0.25) is 0 Å². The van der Waals surface area contributed by atoms with Crippen LogP contribution >= 0.6 is 0 Å². The summed E-state index contributed by atoms with van der Waals surface area (Å²) in [5.41, 5.74) is 1.95. The molecule has 2 rings (SSSR count). The Labute approximate surface area is 113 Å². The van der Waals surface area contributed by atoms with Crippen LogP contribution in [-0.4, -0.2) is 24.2 Å². The highest BCUT2D eigenvalue weighted by Crippen LogP contribution is 2.35. The van der Waals surface area contributed by atoms with Crippen LogP contribution in [0.15, 0.2) is 30.9 Å². The van der Waals surface area contributed by atoms with Crippen LogP contribution in [0.3, 0.4) is 0 Å². The zero-order chi connectivity index (χ0) is 13.7. The third-order valence-corrected chi connectivity index (χ3v) is 3.23. The number of carbonyl (C=O) groups excluding carboxylic acids is 1. The molecule has 0 saturated carbocycles. The molecule has 2 N–H and O–H groups in total. The lowest BCUT2D eigenvalue weighted by atomic mass is 9.89. The monoisotopic (exact) mass is 261 g/mol. The first-order valence-electron chi connectivity index (χ1n) is 6.52. The zero-order valence-corrected chi connectivity index (χ0v) is 10.9. The number of carbonyl (C=O) groups is 1. The molecule has 0 unspecified atom stereocenters. The summed E-state index contributed by atoms with van der Waals surface area (Å²) in [6.45, 7) is 3.96. The van der Waals surface area contributed by atoms with Gasteiger partial charge >= 0.3 is 0 Å². The van der Waals surface area contributed by atoms with Gasteiger partial charge in [0.15, 0.2) is 6.61 Å². The van der Waals surface area contributed by atoms with E-state index >= 15 is 0 Å². The van der Waals surface area contributed by atoms with Crippen LogP contribution < -0.4 is 10.1 Å². The number of fused-ring (bicyclic) bond motifs is 1. The van der Waals surface area contributed by atoms with E-state index < -0.39 is 6.10 Å². The number of amides is 1. The van der Waals surface area contributed by atoms with Crippen LogP contribution in [0.25, 0.3) is 0 Å². The van der Waals surface area contributed by atoms with Gasteiger partial charge in [-0.2, -0.15) is 0 Å².